The van der Waals surface area contributed by atoms with Crippen LogP contribution in [0.25, 0.3) is 0 Å². The summed E-state index contributed by atoms with van der Waals surface area (Å²) in [5.41, 5.74) is 0. The van der Waals surface area contributed by atoms with Crippen LogP contribution >= 0.6 is 0 Å². The zero-order chi connectivity index (χ0) is 12.4. The molecule has 0 aromatic heterocycles. The third-order valence-corrected chi connectivity index (χ3v) is 2.11. The van der Waals surface area contributed by atoms with Gasteiger partial charge < -0.3 is 29.9 Å². The third-order valence-electron chi connectivity index (χ3n) is 2.11. The molecule has 0 radical (unpaired) electrons. The quantitative estimate of drug-likeness (QED) is 0.370. The zero-order valence-electron chi connectivity index (χ0n) is 9.58. The maximum atomic E-state index is 9.43. The van der Waals surface area contributed by atoms with Crippen LogP contribution in [0.3, 0.4) is 0 Å². The molecule has 0 aromatic carbocycles. The summed E-state index contributed by atoms with van der Waals surface area (Å²) in [5, 5.41) is 35.7. The summed E-state index contributed by atoms with van der Waals surface area (Å²) in [6.45, 7) is 1.24. The van der Waals surface area contributed by atoms with Crippen LogP contribution in [0.2, 0.25) is 0 Å². The molecule has 2 unspecified atom stereocenters. The summed E-state index contributed by atoms with van der Waals surface area (Å²) in [4.78, 5) is 0. The van der Waals surface area contributed by atoms with E-state index in [-0.39, 0.29) is 39.1 Å². The number of aliphatic hydroxyl groups is 4. The lowest BCUT2D eigenvalue weighted by atomic mass is 10.3. The Balaban J connectivity index is 3.61. The molecular formula is C10H22O6. The molecule has 0 aliphatic carbocycles. The minimum absolute atomic E-state index is 0.0202. The first-order chi connectivity index (χ1) is 7.67. The lowest BCUT2D eigenvalue weighted by Gasteiger charge is -2.19. The highest BCUT2D eigenvalue weighted by Crippen LogP contribution is 1.99. The summed E-state index contributed by atoms with van der Waals surface area (Å²) in [6, 6.07) is 0. The Labute approximate surface area is 95.4 Å². The van der Waals surface area contributed by atoms with Gasteiger partial charge in [0.1, 0.15) is 12.2 Å². The molecule has 0 fully saturated rings. The molecule has 0 saturated carbocycles. The Bertz CT molecular complexity index is 130. The van der Waals surface area contributed by atoms with Crippen molar-refractivity contribution in [3.8, 4) is 0 Å². The third kappa shape index (κ3) is 7.10. The van der Waals surface area contributed by atoms with E-state index < -0.39 is 12.2 Å². The van der Waals surface area contributed by atoms with E-state index >= 15 is 0 Å². The lowest BCUT2D eigenvalue weighted by Crippen LogP contribution is -2.31. The highest BCUT2D eigenvalue weighted by atomic mass is 16.5. The van der Waals surface area contributed by atoms with E-state index in [9.17, 15) is 5.11 Å². The molecule has 4 N–H and O–H groups in total. The van der Waals surface area contributed by atoms with E-state index in [1.807, 2.05) is 6.92 Å². The van der Waals surface area contributed by atoms with Crippen LogP contribution in [0.5, 0.6) is 0 Å². The summed E-state index contributed by atoms with van der Waals surface area (Å²) in [7, 11) is 0. The Morgan fingerprint density at radius 2 is 1.31 bits per heavy atom. The van der Waals surface area contributed by atoms with Gasteiger partial charge in [0.25, 0.3) is 0 Å². The van der Waals surface area contributed by atoms with Crippen molar-refractivity contribution >= 4 is 0 Å². The van der Waals surface area contributed by atoms with Gasteiger partial charge in [-0.1, -0.05) is 6.92 Å². The summed E-state index contributed by atoms with van der Waals surface area (Å²) < 4.78 is 10.2. The summed E-state index contributed by atoms with van der Waals surface area (Å²) in [6.07, 6.45) is -1.11. The molecule has 0 spiro atoms. The fourth-order valence-corrected chi connectivity index (χ4v) is 1.01. The fourth-order valence-electron chi connectivity index (χ4n) is 1.01. The van der Waals surface area contributed by atoms with E-state index in [0.717, 1.165) is 0 Å². The molecule has 0 amide bonds. The average Bonchev–Trinajstić information content (AvgIpc) is 2.31. The van der Waals surface area contributed by atoms with Crippen LogP contribution in [-0.2, 0) is 9.47 Å². The van der Waals surface area contributed by atoms with Gasteiger partial charge in [-0.05, 0) is 6.42 Å². The molecule has 16 heavy (non-hydrogen) atoms. The first kappa shape index (κ1) is 15.8. The number of hydrogen-bond donors (Lipinski definition) is 4. The molecule has 0 aromatic rings. The van der Waals surface area contributed by atoms with Crippen molar-refractivity contribution in [3.63, 3.8) is 0 Å². The maximum absolute atomic E-state index is 9.43. The predicted molar refractivity (Wildman–Crippen MR) is 57.0 cm³/mol. The van der Waals surface area contributed by atoms with E-state index in [0.29, 0.717) is 6.42 Å². The fraction of sp³-hybridized carbons (Fsp3) is 1.00. The van der Waals surface area contributed by atoms with Gasteiger partial charge in [0.2, 0.25) is 0 Å². The van der Waals surface area contributed by atoms with Gasteiger partial charge in [-0.3, -0.25) is 0 Å². The average molecular weight is 238 g/mol. The van der Waals surface area contributed by atoms with Crippen LogP contribution in [0.15, 0.2) is 0 Å². The van der Waals surface area contributed by atoms with Gasteiger partial charge in [-0.25, -0.2) is 0 Å². The number of ether oxygens (including phenoxy) is 2. The number of hydrogen-bond acceptors (Lipinski definition) is 6. The number of rotatable bonds is 10. The van der Waals surface area contributed by atoms with Gasteiger partial charge in [-0.2, -0.15) is 0 Å². The van der Waals surface area contributed by atoms with Crippen LogP contribution in [0.4, 0.5) is 0 Å². The largest absolute Gasteiger partial charge is 0.394 e. The van der Waals surface area contributed by atoms with Crippen molar-refractivity contribution in [1.29, 1.82) is 0 Å². The van der Waals surface area contributed by atoms with E-state index in [4.69, 9.17) is 24.8 Å². The van der Waals surface area contributed by atoms with Crippen LogP contribution in [0.1, 0.15) is 13.3 Å². The molecular weight excluding hydrogens is 216 g/mol. The lowest BCUT2D eigenvalue weighted by molar-refractivity contribution is -0.0879. The van der Waals surface area contributed by atoms with Gasteiger partial charge in [0.05, 0.1) is 39.1 Å². The Morgan fingerprint density at radius 1 is 0.875 bits per heavy atom. The molecule has 2 atom stereocenters. The SMILES string of the molecule is CCC(CO)OCC(O)COC(CO)CO. The molecule has 0 bridgehead atoms. The Morgan fingerprint density at radius 3 is 1.69 bits per heavy atom. The van der Waals surface area contributed by atoms with Crippen molar-refractivity contribution in [2.24, 2.45) is 0 Å². The zero-order valence-corrected chi connectivity index (χ0v) is 9.58. The van der Waals surface area contributed by atoms with Crippen LogP contribution < -0.4 is 0 Å². The summed E-state index contributed by atoms with van der Waals surface area (Å²) >= 11 is 0. The molecule has 6 heteroatoms. The van der Waals surface area contributed by atoms with Crippen LogP contribution in [-0.4, -0.2) is 71.8 Å². The monoisotopic (exact) mass is 238 g/mol. The minimum Gasteiger partial charge on any atom is -0.394 e. The minimum atomic E-state index is -0.832. The second-order valence-electron chi connectivity index (χ2n) is 3.52. The van der Waals surface area contributed by atoms with Crippen molar-refractivity contribution < 1.29 is 29.9 Å². The second-order valence-corrected chi connectivity index (χ2v) is 3.52. The first-order valence-electron chi connectivity index (χ1n) is 5.41. The van der Waals surface area contributed by atoms with Crippen molar-refractivity contribution in [3.05, 3.63) is 0 Å². The maximum Gasteiger partial charge on any atom is 0.104 e. The van der Waals surface area contributed by atoms with Gasteiger partial charge in [0.15, 0.2) is 0 Å². The van der Waals surface area contributed by atoms with E-state index in [1.165, 1.54) is 0 Å². The highest BCUT2D eigenvalue weighted by molar-refractivity contribution is 4.59. The topological polar surface area (TPSA) is 99.4 Å². The van der Waals surface area contributed by atoms with E-state index in [1.54, 1.807) is 0 Å². The predicted octanol–water partition coefficient (Wildman–Crippen LogP) is -1.50. The normalized spacial score (nSPS) is 15.4. The van der Waals surface area contributed by atoms with Crippen LogP contribution in [0, 0.1) is 0 Å². The van der Waals surface area contributed by atoms with Crippen molar-refractivity contribution in [2.45, 2.75) is 31.7 Å². The van der Waals surface area contributed by atoms with Gasteiger partial charge in [0, 0.05) is 0 Å². The molecule has 98 valence electrons. The Hall–Kier alpha value is -0.240. The summed E-state index contributed by atoms with van der Waals surface area (Å²) in [5.74, 6) is 0. The molecule has 0 aliphatic rings. The Kier molecular flexibility index (Phi) is 9.80. The molecule has 0 aliphatic heterocycles. The van der Waals surface area contributed by atoms with Crippen molar-refractivity contribution in [1.82, 2.24) is 0 Å². The molecule has 0 saturated heterocycles. The van der Waals surface area contributed by atoms with Gasteiger partial charge >= 0.3 is 0 Å². The van der Waals surface area contributed by atoms with Crippen molar-refractivity contribution in [2.75, 3.05) is 33.0 Å². The second kappa shape index (κ2) is 9.95. The standard InChI is InChI=1S/C10H22O6/c1-2-9(3-11)15-6-8(14)7-16-10(4-12)5-13/h8-14H,2-7H2,1H3. The smallest absolute Gasteiger partial charge is 0.104 e. The van der Waals surface area contributed by atoms with E-state index in [2.05, 4.69) is 0 Å². The first-order valence-corrected chi connectivity index (χ1v) is 5.41. The molecule has 0 rings (SSSR count). The highest BCUT2D eigenvalue weighted by Gasteiger charge is 2.12. The van der Waals surface area contributed by atoms with Gasteiger partial charge in [-0.15, -0.1) is 0 Å². The number of aliphatic hydroxyl groups excluding tert-OH is 4. The molecule has 0 heterocycles. The molecule has 6 nitrogen and oxygen atoms in total.